The highest BCUT2D eigenvalue weighted by molar-refractivity contribution is 5.83. The molecule has 0 saturated heterocycles. The van der Waals surface area contributed by atoms with Gasteiger partial charge in [0, 0.05) is 24.1 Å². The molecule has 0 radical (unpaired) electrons. The summed E-state index contributed by atoms with van der Waals surface area (Å²) in [5.74, 6) is 1.58. The lowest BCUT2D eigenvalue weighted by Crippen LogP contribution is -2.15. The number of hydrogen-bond donors (Lipinski definition) is 1. The average Bonchev–Trinajstić information content (AvgIpc) is 3.22. The van der Waals surface area contributed by atoms with E-state index in [1.165, 1.54) is 29.4 Å². The van der Waals surface area contributed by atoms with E-state index in [0.29, 0.717) is 12.0 Å². The first kappa shape index (κ1) is 14.6. The van der Waals surface area contributed by atoms with Crippen molar-refractivity contribution in [1.82, 2.24) is 5.32 Å². The van der Waals surface area contributed by atoms with Gasteiger partial charge in [0.2, 0.25) is 0 Å². The lowest BCUT2D eigenvalue weighted by molar-refractivity contribution is 0.202. The number of methoxy groups -OCH3 is 1. The van der Waals surface area contributed by atoms with Gasteiger partial charge in [-0.05, 0) is 42.9 Å². The van der Waals surface area contributed by atoms with Gasteiger partial charge in [0.05, 0.1) is 13.2 Å². The van der Waals surface area contributed by atoms with Gasteiger partial charge < -0.3 is 14.5 Å². The van der Waals surface area contributed by atoms with Gasteiger partial charge in [0.25, 0.3) is 0 Å². The van der Waals surface area contributed by atoms with Gasteiger partial charge >= 0.3 is 0 Å². The summed E-state index contributed by atoms with van der Waals surface area (Å²) in [5.41, 5.74) is 3.68. The summed E-state index contributed by atoms with van der Waals surface area (Å²) in [6, 6.07) is 7.23. The van der Waals surface area contributed by atoms with Crippen LogP contribution < -0.4 is 5.32 Å². The average molecular weight is 287 g/mol. The van der Waals surface area contributed by atoms with Crippen LogP contribution in [0.1, 0.15) is 49.5 Å². The molecule has 1 aromatic heterocycles. The zero-order valence-electron chi connectivity index (χ0n) is 13.2. The largest absolute Gasteiger partial charge is 0.459 e. The van der Waals surface area contributed by atoms with Crippen molar-refractivity contribution in [2.45, 2.75) is 51.6 Å². The first-order valence-electron chi connectivity index (χ1n) is 7.95. The van der Waals surface area contributed by atoms with Crippen LogP contribution in [0.5, 0.6) is 0 Å². The van der Waals surface area contributed by atoms with Crippen LogP contribution in [0.15, 0.2) is 22.6 Å². The summed E-state index contributed by atoms with van der Waals surface area (Å²) in [6.07, 6.45) is 3.56. The van der Waals surface area contributed by atoms with Crippen molar-refractivity contribution >= 4 is 11.0 Å². The van der Waals surface area contributed by atoms with E-state index in [2.05, 4.69) is 37.4 Å². The highest BCUT2D eigenvalue weighted by atomic mass is 16.5. The molecule has 114 valence electrons. The molecule has 0 spiro atoms. The molecule has 0 bridgehead atoms. The van der Waals surface area contributed by atoms with Crippen LogP contribution in [0.2, 0.25) is 0 Å². The molecule has 0 aliphatic heterocycles. The van der Waals surface area contributed by atoms with Gasteiger partial charge in [0.15, 0.2) is 0 Å². The molecule has 1 saturated carbocycles. The van der Waals surface area contributed by atoms with Gasteiger partial charge in [0.1, 0.15) is 11.3 Å². The van der Waals surface area contributed by atoms with Crippen LogP contribution in [0.4, 0.5) is 0 Å². The minimum absolute atomic E-state index is 0.472. The SMILES string of the molecule is COCCc1ccc2oc(CNC3CC3)c(C(C)C)c2c1. The summed E-state index contributed by atoms with van der Waals surface area (Å²) >= 11 is 0. The number of rotatable bonds is 7. The highest BCUT2D eigenvalue weighted by Gasteiger charge is 2.23. The smallest absolute Gasteiger partial charge is 0.134 e. The van der Waals surface area contributed by atoms with E-state index in [1.807, 2.05) is 0 Å². The second kappa shape index (κ2) is 6.20. The molecule has 2 aromatic rings. The number of nitrogens with one attached hydrogen (secondary N) is 1. The third kappa shape index (κ3) is 3.30. The Morgan fingerprint density at radius 2 is 2.14 bits per heavy atom. The molecule has 1 aliphatic carbocycles. The van der Waals surface area contributed by atoms with Crippen LogP contribution in [0.3, 0.4) is 0 Å². The molecule has 1 heterocycles. The van der Waals surface area contributed by atoms with Crippen molar-refractivity contribution in [3.8, 4) is 0 Å². The maximum atomic E-state index is 6.10. The molecular weight excluding hydrogens is 262 g/mol. The van der Waals surface area contributed by atoms with Crippen molar-refractivity contribution in [3.63, 3.8) is 0 Å². The second-order valence-electron chi connectivity index (χ2n) is 6.32. The Kier molecular flexibility index (Phi) is 4.32. The fourth-order valence-corrected chi connectivity index (χ4v) is 2.88. The van der Waals surface area contributed by atoms with E-state index in [1.54, 1.807) is 7.11 Å². The quantitative estimate of drug-likeness (QED) is 0.836. The van der Waals surface area contributed by atoms with Crippen molar-refractivity contribution in [1.29, 1.82) is 0 Å². The van der Waals surface area contributed by atoms with E-state index in [0.717, 1.165) is 30.9 Å². The molecule has 0 atom stereocenters. The molecule has 21 heavy (non-hydrogen) atoms. The molecule has 1 aromatic carbocycles. The third-order valence-electron chi connectivity index (χ3n) is 4.17. The Bertz CT molecular complexity index is 611. The lowest BCUT2D eigenvalue weighted by Gasteiger charge is -2.08. The summed E-state index contributed by atoms with van der Waals surface area (Å²) in [4.78, 5) is 0. The first-order chi connectivity index (χ1) is 10.2. The van der Waals surface area contributed by atoms with Crippen LogP contribution in [0, 0.1) is 0 Å². The van der Waals surface area contributed by atoms with Crippen molar-refractivity contribution in [2.24, 2.45) is 0 Å². The second-order valence-corrected chi connectivity index (χ2v) is 6.32. The summed E-state index contributed by atoms with van der Waals surface area (Å²) in [5, 5.41) is 4.83. The Balaban J connectivity index is 1.92. The standard InChI is InChI=1S/C18H25NO2/c1-12(2)18-15-10-13(8-9-20-3)4-7-16(15)21-17(18)11-19-14-5-6-14/h4,7,10,12,14,19H,5-6,8-9,11H2,1-3H3. The van der Waals surface area contributed by atoms with Gasteiger partial charge in [-0.2, -0.15) is 0 Å². The Morgan fingerprint density at radius 1 is 1.33 bits per heavy atom. The highest BCUT2D eigenvalue weighted by Crippen LogP contribution is 2.33. The molecule has 3 rings (SSSR count). The van der Waals surface area contributed by atoms with E-state index in [4.69, 9.17) is 9.15 Å². The summed E-state index contributed by atoms with van der Waals surface area (Å²) in [7, 11) is 1.75. The van der Waals surface area contributed by atoms with Gasteiger partial charge in [-0.1, -0.05) is 19.9 Å². The zero-order chi connectivity index (χ0) is 14.8. The Labute approximate surface area is 126 Å². The third-order valence-corrected chi connectivity index (χ3v) is 4.17. The predicted octanol–water partition coefficient (Wildman–Crippen LogP) is 4.00. The van der Waals surface area contributed by atoms with Gasteiger partial charge in [-0.25, -0.2) is 0 Å². The minimum atomic E-state index is 0.472. The van der Waals surface area contributed by atoms with Crippen LogP contribution in [-0.4, -0.2) is 19.8 Å². The minimum Gasteiger partial charge on any atom is -0.459 e. The molecule has 3 heteroatoms. The van der Waals surface area contributed by atoms with E-state index in [9.17, 15) is 0 Å². The van der Waals surface area contributed by atoms with E-state index < -0.39 is 0 Å². The van der Waals surface area contributed by atoms with Crippen molar-refractivity contribution in [3.05, 3.63) is 35.1 Å². The molecule has 1 aliphatic rings. The van der Waals surface area contributed by atoms with Crippen molar-refractivity contribution < 1.29 is 9.15 Å². The van der Waals surface area contributed by atoms with Crippen LogP contribution in [-0.2, 0) is 17.7 Å². The van der Waals surface area contributed by atoms with Gasteiger partial charge in [-0.3, -0.25) is 0 Å². The number of furan rings is 1. The molecule has 1 fully saturated rings. The fourth-order valence-electron chi connectivity index (χ4n) is 2.88. The fraction of sp³-hybridized carbons (Fsp3) is 0.556. The molecule has 3 nitrogen and oxygen atoms in total. The summed E-state index contributed by atoms with van der Waals surface area (Å²) in [6.45, 7) is 6.09. The maximum absolute atomic E-state index is 6.10. The number of benzene rings is 1. The van der Waals surface area contributed by atoms with E-state index >= 15 is 0 Å². The van der Waals surface area contributed by atoms with Crippen LogP contribution in [0.25, 0.3) is 11.0 Å². The Hall–Kier alpha value is -1.32. The van der Waals surface area contributed by atoms with Crippen LogP contribution >= 0.6 is 0 Å². The van der Waals surface area contributed by atoms with Gasteiger partial charge in [-0.15, -0.1) is 0 Å². The first-order valence-corrected chi connectivity index (χ1v) is 7.95. The maximum Gasteiger partial charge on any atom is 0.134 e. The Morgan fingerprint density at radius 3 is 2.81 bits per heavy atom. The van der Waals surface area contributed by atoms with E-state index in [-0.39, 0.29) is 0 Å². The molecule has 1 N–H and O–H groups in total. The topological polar surface area (TPSA) is 34.4 Å². The monoisotopic (exact) mass is 287 g/mol. The molecule has 0 unspecified atom stereocenters. The zero-order valence-corrected chi connectivity index (χ0v) is 13.2. The number of fused-ring (bicyclic) bond motifs is 1. The normalized spacial score (nSPS) is 15.2. The molecule has 0 amide bonds. The number of hydrogen-bond acceptors (Lipinski definition) is 3. The molecular formula is C18H25NO2. The summed E-state index contributed by atoms with van der Waals surface area (Å²) < 4.78 is 11.3. The predicted molar refractivity (Wildman–Crippen MR) is 85.7 cm³/mol. The van der Waals surface area contributed by atoms with Crippen molar-refractivity contribution in [2.75, 3.05) is 13.7 Å². The number of ether oxygens (including phenoxy) is 1. The lowest BCUT2D eigenvalue weighted by atomic mass is 9.97.